The molecule has 0 aliphatic rings. The van der Waals surface area contributed by atoms with Gasteiger partial charge in [0.05, 0.1) is 27.2 Å². The van der Waals surface area contributed by atoms with Gasteiger partial charge >= 0.3 is 0 Å². The lowest BCUT2D eigenvalue weighted by molar-refractivity contribution is -0.890. The lowest BCUT2D eigenvalue weighted by Crippen LogP contribution is -3.00. The van der Waals surface area contributed by atoms with E-state index in [2.05, 4.69) is 84.2 Å². The summed E-state index contributed by atoms with van der Waals surface area (Å²) in [4.78, 5) is 2.37. The van der Waals surface area contributed by atoms with Gasteiger partial charge in [-0.05, 0) is 51.8 Å². The van der Waals surface area contributed by atoms with Crippen molar-refractivity contribution in [1.29, 1.82) is 0 Å². The first-order valence-corrected chi connectivity index (χ1v) is 30.4. The Bertz CT molecular complexity index is 961. The maximum atomic E-state index is 2.47. The zero-order valence-corrected chi connectivity index (χ0v) is 48.9. The van der Waals surface area contributed by atoms with Gasteiger partial charge in [0.2, 0.25) is 0 Å². The minimum absolute atomic E-state index is 0. The molecule has 0 N–H and O–H groups in total. The summed E-state index contributed by atoms with van der Waals surface area (Å²) in [6.45, 7) is 9.69. The van der Waals surface area contributed by atoms with Crippen molar-refractivity contribution in [2.45, 2.75) is 329 Å². The summed E-state index contributed by atoms with van der Waals surface area (Å²) in [6, 6.07) is 11.6. The molecular formula is C63H126Cl2N2. The Labute approximate surface area is 437 Å². The van der Waals surface area contributed by atoms with Crippen LogP contribution in [0.4, 0.5) is 0 Å². The number of hydrogen-bond donors (Lipinski definition) is 0. The zero-order chi connectivity index (χ0) is 47.4. The number of halogens is 2. The summed E-state index contributed by atoms with van der Waals surface area (Å²) in [5, 5.41) is 0. The molecule has 0 aromatic heterocycles. The molecule has 0 saturated carbocycles. The van der Waals surface area contributed by atoms with Gasteiger partial charge in [0, 0.05) is 6.04 Å². The topological polar surface area (TPSA) is 3.24 Å². The van der Waals surface area contributed by atoms with E-state index in [1.54, 1.807) is 0 Å². The molecule has 0 amide bonds. The van der Waals surface area contributed by atoms with E-state index in [1.807, 2.05) is 0 Å². The van der Waals surface area contributed by atoms with Crippen molar-refractivity contribution in [1.82, 2.24) is 4.90 Å². The third kappa shape index (κ3) is 54.9. The molecule has 0 spiro atoms. The molecule has 0 aliphatic carbocycles. The molecule has 1 aromatic carbocycles. The average Bonchev–Trinajstić information content (AvgIpc) is 3.30. The Morgan fingerprint density at radius 3 is 0.761 bits per heavy atom. The van der Waals surface area contributed by atoms with Gasteiger partial charge in [-0.15, -0.1) is 12.4 Å². The van der Waals surface area contributed by atoms with Crippen molar-refractivity contribution in [3.05, 3.63) is 35.9 Å². The fraction of sp³-hybridized carbons (Fsp3) is 0.905. The summed E-state index contributed by atoms with van der Waals surface area (Å²) in [5.74, 6) is 0. The molecule has 0 radical (unpaired) electrons. The van der Waals surface area contributed by atoms with Crippen molar-refractivity contribution < 1.29 is 16.9 Å². The van der Waals surface area contributed by atoms with E-state index >= 15 is 0 Å². The molecule has 1 atom stereocenters. The Morgan fingerprint density at radius 1 is 0.328 bits per heavy atom. The predicted molar refractivity (Wildman–Crippen MR) is 306 cm³/mol. The second-order valence-electron chi connectivity index (χ2n) is 22.3. The largest absolute Gasteiger partial charge is 1.00 e. The minimum Gasteiger partial charge on any atom is -1.00 e. The Balaban J connectivity index is -0.00000127. The van der Waals surface area contributed by atoms with Crippen LogP contribution in [0.5, 0.6) is 0 Å². The van der Waals surface area contributed by atoms with Crippen LogP contribution in [0.1, 0.15) is 334 Å². The molecule has 4 heteroatoms. The molecule has 1 rings (SSSR count). The van der Waals surface area contributed by atoms with Crippen LogP contribution in [0.3, 0.4) is 0 Å². The van der Waals surface area contributed by atoms with Crippen LogP contribution in [-0.4, -0.2) is 50.7 Å². The monoisotopic (exact) mass is 981 g/mol. The lowest BCUT2D eigenvalue weighted by Gasteiger charge is -2.30. The quantitative estimate of drug-likeness (QED) is 0.0464. The molecule has 0 heterocycles. The fourth-order valence-electron chi connectivity index (χ4n) is 10.2. The van der Waals surface area contributed by atoms with Crippen molar-refractivity contribution in [3.63, 3.8) is 0 Å². The summed E-state index contributed by atoms with van der Waals surface area (Å²) in [7, 11) is 9.36. The predicted octanol–water partition coefficient (Wildman–Crippen LogP) is 19.2. The summed E-state index contributed by atoms with van der Waals surface area (Å²) < 4.78 is 1.25. The summed E-state index contributed by atoms with van der Waals surface area (Å²) in [6.07, 6.45) is 68.3. The van der Waals surface area contributed by atoms with Crippen molar-refractivity contribution in [2.24, 2.45) is 0 Å². The Morgan fingerprint density at radius 2 is 0.537 bits per heavy atom. The van der Waals surface area contributed by atoms with Crippen molar-refractivity contribution >= 4 is 12.4 Å². The second kappa shape index (κ2) is 58.3. The van der Waals surface area contributed by atoms with Gasteiger partial charge in [-0.25, -0.2) is 0 Å². The highest BCUT2D eigenvalue weighted by Crippen LogP contribution is 2.25. The molecular weight excluding hydrogens is 856 g/mol. The average molecular weight is 983 g/mol. The van der Waals surface area contributed by atoms with Gasteiger partial charge in [0.15, 0.2) is 0 Å². The smallest absolute Gasteiger partial charge is 0.0782 e. The molecule has 0 aliphatic heterocycles. The van der Waals surface area contributed by atoms with Gasteiger partial charge in [-0.3, -0.25) is 0 Å². The van der Waals surface area contributed by atoms with Crippen LogP contribution >= 0.6 is 12.4 Å². The molecule has 402 valence electrons. The number of hydrogen-bond acceptors (Lipinski definition) is 1. The van der Waals surface area contributed by atoms with E-state index in [0.29, 0.717) is 6.04 Å². The van der Waals surface area contributed by atoms with E-state index in [4.69, 9.17) is 0 Å². The van der Waals surface area contributed by atoms with E-state index in [-0.39, 0.29) is 24.8 Å². The van der Waals surface area contributed by atoms with E-state index in [9.17, 15) is 0 Å². The van der Waals surface area contributed by atoms with Gasteiger partial charge < -0.3 is 21.8 Å². The van der Waals surface area contributed by atoms with Crippen LogP contribution in [0.15, 0.2) is 30.3 Å². The maximum Gasteiger partial charge on any atom is 0.0782 e. The van der Waals surface area contributed by atoms with Crippen molar-refractivity contribution in [3.8, 4) is 0 Å². The first-order valence-electron chi connectivity index (χ1n) is 30.4. The third-order valence-corrected chi connectivity index (χ3v) is 14.9. The van der Waals surface area contributed by atoms with Gasteiger partial charge in [-0.2, -0.15) is 0 Å². The normalized spacial score (nSPS) is 11.9. The number of nitrogens with zero attached hydrogens (tertiary/aromatic N) is 2. The molecule has 1 unspecified atom stereocenters. The Kier molecular flexibility index (Phi) is 61.7. The van der Waals surface area contributed by atoms with Crippen LogP contribution in [-0.2, 0) is 0 Å². The Hall–Kier alpha value is -0.280. The third-order valence-electron chi connectivity index (χ3n) is 14.9. The lowest BCUT2D eigenvalue weighted by atomic mass is 9.98. The van der Waals surface area contributed by atoms with Crippen molar-refractivity contribution in [2.75, 3.05) is 41.3 Å². The van der Waals surface area contributed by atoms with Gasteiger partial charge in [0.25, 0.3) is 0 Å². The molecule has 1 aromatic rings. The molecule has 0 fully saturated rings. The van der Waals surface area contributed by atoms with Crippen LogP contribution in [0.25, 0.3) is 0 Å². The minimum atomic E-state index is 0. The second-order valence-corrected chi connectivity index (χ2v) is 22.3. The molecule has 2 nitrogen and oxygen atoms in total. The highest BCUT2D eigenvalue weighted by Gasteiger charge is 2.14. The maximum absolute atomic E-state index is 2.47. The van der Waals surface area contributed by atoms with E-state index in [1.165, 1.54) is 325 Å². The van der Waals surface area contributed by atoms with Crippen LogP contribution < -0.4 is 12.4 Å². The van der Waals surface area contributed by atoms with E-state index < -0.39 is 0 Å². The summed E-state index contributed by atoms with van der Waals surface area (Å²) >= 11 is 0. The molecule has 67 heavy (non-hydrogen) atoms. The van der Waals surface area contributed by atoms with Gasteiger partial charge in [0.1, 0.15) is 0 Å². The number of quaternary nitrogens is 1. The highest BCUT2D eigenvalue weighted by atomic mass is 35.5. The van der Waals surface area contributed by atoms with Crippen LogP contribution in [0, 0.1) is 0 Å². The fourth-order valence-corrected chi connectivity index (χ4v) is 10.2. The summed E-state index contributed by atoms with van der Waals surface area (Å²) in [5.41, 5.74) is 1.46. The zero-order valence-electron chi connectivity index (χ0n) is 47.3. The molecule has 0 saturated heterocycles. The van der Waals surface area contributed by atoms with Crippen LogP contribution in [0.2, 0.25) is 0 Å². The van der Waals surface area contributed by atoms with E-state index in [0.717, 1.165) is 0 Å². The number of benzene rings is 1. The highest BCUT2D eigenvalue weighted by molar-refractivity contribution is 5.85. The first kappa shape index (κ1) is 71.0. The number of rotatable bonds is 51. The SMILES string of the molecule is CCCCCCCCCCCCCCCCC(c1ccccc1)N(C)C.CCCCCCCCCCCCCCCCCC[N+](C)(C)CCCCCCCCCCCCCCCCCC.Cl.[Cl-]. The standard InChI is InChI=1S/C38H80N.C25H45N.2ClH/c1-5-7-9-11-13-15-17-19-21-23-25-27-29-31-33-35-37-39(3,4)38-36-34-32-30-28-26-24-22-20-18-16-14-12-10-8-6-2;1-4-5-6-7-8-9-10-11-12-13-14-15-16-20-23-25(26(2)3)24-21-18-17-19-22-24;;/h5-38H2,1-4H3;17-19,21-22,25H,4-16,20,23H2,1-3H3;2*1H/q+1;;;/p-1. The number of unbranched alkanes of at least 4 members (excludes halogenated alkanes) is 43. The first-order chi connectivity index (χ1) is 31.9. The molecule has 0 bridgehead atoms. The van der Waals surface area contributed by atoms with Gasteiger partial charge in [-0.1, -0.05) is 321 Å².